The summed E-state index contributed by atoms with van der Waals surface area (Å²) in [7, 11) is -6.61. The smallest absolute Gasteiger partial charge is 0.438 e. The highest BCUT2D eigenvalue weighted by Gasteiger charge is 2.73. The number of hydrogen-bond donors (Lipinski definition) is 1. The van der Waals surface area contributed by atoms with E-state index < -0.39 is 69.8 Å². The van der Waals surface area contributed by atoms with Gasteiger partial charge in [-0.05, 0) is 56.3 Å². The van der Waals surface area contributed by atoms with E-state index in [0.717, 1.165) is 0 Å². The first-order valence-corrected chi connectivity index (χ1v) is 12.4. The number of rotatable bonds is 8. The molecular weight excluding hydrogens is 597 g/mol. The van der Waals surface area contributed by atoms with E-state index in [9.17, 15) is 66.3 Å². The van der Waals surface area contributed by atoms with Gasteiger partial charge in [0.1, 0.15) is 6.61 Å². The van der Waals surface area contributed by atoms with Gasteiger partial charge in [-0.25, -0.2) is 4.79 Å². The molecule has 0 saturated heterocycles. The van der Waals surface area contributed by atoms with E-state index in [4.69, 9.17) is 4.55 Å². The Balaban J connectivity index is 2.06. The summed E-state index contributed by atoms with van der Waals surface area (Å²) in [4.78, 5) is 25.4. The molecule has 226 valence electrons. The van der Waals surface area contributed by atoms with Crippen LogP contribution in [0.3, 0.4) is 0 Å². The van der Waals surface area contributed by atoms with Crippen LogP contribution in [-0.2, 0) is 33.9 Å². The fourth-order valence-electron chi connectivity index (χ4n) is 5.75. The maximum absolute atomic E-state index is 14.2. The SMILES string of the molecule is O=C(OC(OCC(F)(F)S(=O)(=O)O)(C(=O)OC(C(F)(F)F)C(F)(F)F)C(F)(F)F)C12CC3CC(CC(C3)C1)C2. The maximum Gasteiger partial charge on any atom is 0.468 e. The molecule has 0 aliphatic heterocycles. The van der Waals surface area contributed by atoms with Crippen LogP contribution in [-0.4, -0.2) is 67.2 Å². The molecule has 4 rings (SSSR count). The second kappa shape index (κ2) is 9.56. The molecule has 39 heavy (non-hydrogen) atoms. The lowest BCUT2D eigenvalue weighted by Crippen LogP contribution is -2.63. The molecule has 4 bridgehead atoms. The van der Waals surface area contributed by atoms with Gasteiger partial charge >= 0.3 is 51.6 Å². The van der Waals surface area contributed by atoms with Crippen LogP contribution in [0, 0.1) is 23.2 Å². The van der Waals surface area contributed by atoms with Gasteiger partial charge in [-0.3, -0.25) is 9.35 Å². The third-order valence-corrected chi connectivity index (χ3v) is 7.86. The molecule has 0 aromatic rings. The first-order chi connectivity index (χ1) is 17.3. The van der Waals surface area contributed by atoms with Gasteiger partial charge in [0.15, 0.2) is 0 Å². The van der Waals surface area contributed by atoms with Crippen molar-refractivity contribution in [2.24, 2.45) is 23.2 Å². The van der Waals surface area contributed by atoms with E-state index in [2.05, 4.69) is 14.2 Å². The predicted octanol–water partition coefficient (Wildman–Crippen LogP) is 4.54. The van der Waals surface area contributed by atoms with Gasteiger partial charge < -0.3 is 14.2 Å². The molecule has 0 aromatic heterocycles. The molecular formula is C19H19F11O8S. The molecule has 0 amide bonds. The minimum atomic E-state index is -6.70. The quantitative estimate of drug-likeness (QED) is 0.183. The zero-order valence-electron chi connectivity index (χ0n) is 19.1. The Morgan fingerprint density at radius 3 is 1.56 bits per heavy atom. The summed E-state index contributed by atoms with van der Waals surface area (Å²) < 4.78 is 188. The first kappa shape index (κ1) is 31.6. The Morgan fingerprint density at radius 2 is 1.23 bits per heavy atom. The second-order valence-electron chi connectivity index (χ2n) is 9.97. The Bertz CT molecular complexity index is 1030. The van der Waals surface area contributed by atoms with Crippen LogP contribution in [0.1, 0.15) is 38.5 Å². The summed E-state index contributed by atoms with van der Waals surface area (Å²) in [6.07, 6.45) is -23.9. The van der Waals surface area contributed by atoms with E-state index in [-0.39, 0.29) is 37.0 Å². The van der Waals surface area contributed by atoms with Crippen LogP contribution in [0.4, 0.5) is 48.3 Å². The van der Waals surface area contributed by atoms with Crippen LogP contribution in [0.5, 0.6) is 0 Å². The number of alkyl halides is 11. The lowest BCUT2D eigenvalue weighted by Gasteiger charge is -2.55. The van der Waals surface area contributed by atoms with E-state index >= 15 is 0 Å². The Kier molecular flexibility index (Phi) is 7.74. The van der Waals surface area contributed by atoms with E-state index in [1.807, 2.05) is 0 Å². The normalized spacial score (nSPS) is 29.3. The third kappa shape index (κ3) is 6.06. The molecule has 0 radical (unpaired) electrons. The Morgan fingerprint density at radius 1 is 0.821 bits per heavy atom. The molecule has 4 aliphatic carbocycles. The Labute approximate surface area is 211 Å². The fraction of sp³-hybridized carbons (Fsp3) is 0.895. The summed E-state index contributed by atoms with van der Waals surface area (Å²) in [6, 6.07) is 0. The summed E-state index contributed by atoms with van der Waals surface area (Å²) in [6.45, 7) is -3.20. The standard InChI is InChI=1S/C19H19F11O8S/c20-15(21,39(33,34)35)7-36-16(19(28,29)30,13(32)37-11(17(22,23)24)18(25,26)27)38-12(31)14-4-8-1-9(5-14)3-10(2-8)6-14/h8-11H,1-7H2,(H,33,34,35). The molecule has 1 N–H and O–H groups in total. The largest absolute Gasteiger partial charge is 0.468 e. The van der Waals surface area contributed by atoms with Crippen molar-refractivity contribution in [1.82, 2.24) is 0 Å². The number of ether oxygens (including phenoxy) is 3. The highest BCUT2D eigenvalue weighted by atomic mass is 32.2. The fourth-order valence-corrected chi connectivity index (χ4v) is 5.96. The van der Waals surface area contributed by atoms with Crippen molar-refractivity contribution in [3.63, 3.8) is 0 Å². The van der Waals surface area contributed by atoms with Gasteiger partial charge in [0, 0.05) is 0 Å². The highest BCUT2D eigenvalue weighted by molar-refractivity contribution is 7.86. The average molecular weight is 616 g/mol. The van der Waals surface area contributed by atoms with Crippen LogP contribution in [0.2, 0.25) is 0 Å². The zero-order chi connectivity index (χ0) is 30.0. The van der Waals surface area contributed by atoms with Crippen molar-refractivity contribution < 1.29 is 85.1 Å². The molecule has 4 aliphatic rings. The summed E-state index contributed by atoms with van der Waals surface area (Å²) >= 11 is 0. The number of carbonyl (C=O) groups is 2. The van der Waals surface area contributed by atoms with E-state index in [0.29, 0.717) is 19.3 Å². The molecule has 1 unspecified atom stereocenters. The summed E-state index contributed by atoms with van der Waals surface area (Å²) in [5.41, 5.74) is -1.81. The summed E-state index contributed by atoms with van der Waals surface area (Å²) in [5.74, 6) is -12.1. The van der Waals surface area contributed by atoms with Gasteiger partial charge in [-0.1, -0.05) is 0 Å². The maximum atomic E-state index is 14.2. The zero-order valence-corrected chi connectivity index (χ0v) is 19.9. The van der Waals surface area contributed by atoms with Crippen LogP contribution < -0.4 is 0 Å². The minimum absolute atomic E-state index is 0.142. The number of hydrogen-bond acceptors (Lipinski definition) is 7. The highest BCUT2D eigenvalue weighted by Crippen LogP contribution is 2.61. The third-order valence-electron chi connectivity index (χ3n) is 6.99. The Hall–Kier alpha value is -1.96. The van der Waals surface area contributed by atoms with Crippen LogP contribution >= 0.6 is 0 Å². The van der Waals surface area contributed by atoms with Crippen LogP contribution in [0.25, 0.3) is 0 Å². The lowest BCUT2D eigenvalue weighted by atomic mass is 9.49. The number of carbonyl (C=O) groups excluding carboxylic acids is 2. The summed E-state index contributed by atoms with van der Waals surface area (Å²) in [5, 5.41) is -5.70. The lowest BCUT2D eigenvalue weighted by molar-refractivity contribution is -0.376. The van der Waals surface area contributed by atoms with E-state index in [1.165, 1.54) is 0 Å². The monoisotopic (exact) mass is 616 g/mol. The predicted molar refractivity (Wildman–Crippen MR) is 99.9 cm³/mol. The number of esters is 2. The molecule has 1 atom stereocenters. The average Bonchev–Trinajstić information content (AvgIpc) is 2.70. The molecule has 8 nitrogen and oxygen atoms in total. The van der Waals surface area contributed by atoms with Crippen LogP contribution in [0.15, 0.2) is 0 Å². The van der Waals surface area contributed by atoms with Crippen molar-refractivity contribution in [1.29, 1.82) is 0 Å². The molecule has 0 aromatic carbocycles. The molecule has 4 fully saturated rings. The first-order valence-electron chi connectivity index (χ1n) is 11.0. The van der Waals surface area contributed by atoms with E-state index in [1.54, 1.807) is 0 Å². The van der Waals surface area contributed by atoms with Gasteiger partial charge in [0.2, 0.25) is 0 Å². The van der Waals surface area contributed by atoms with Crippen molar-refractivity contribution >= 4 is 22.1 Å². The van der Waals surface area contributed by atoms with Crippen molar-refractivity contribution in [3.05, 3.63) is 0 Å². The topological polar surface area (TPSA) is 116 Å². The minimum Gasteiger partial charge on any atom is -0.438 e. The molecule has 0 spiro atoms. The van der Waals surface area contributed by atoms with Gasteiger partial charge in [0.25, 0.3) is 6.10 Å². The number of halogens is 11. The van der Waals surface area contributed by atoms with Crippen molar-refractivity contribution in [2.45, 2.75) is 74.2 Å². The van der Waals surface area contributed by atoms with Crippen molar-refractivity contribution in [3.8, 4) is 0 Å². The van der Waals surface area contributed by atoms with Gasteiger partial charge in [-0.2, -0.15) is 56.7 Å². The second-order valence-corrected chi connectivity index (χ2v) is 11.5. The van der Waals surface area contributed by atoms with Gasteiger partial charge in [0.05, 0.1) is 5.41 Å². The van der Waals surface area contributed by atoms with Gasteiger partial charge in [-0.15, -0.1) is 0 Å². The molecule has 0 heterocycles. The van der Waals surface area contributed by atoms with Crippen molar-refractivity contribution in [2.75, 3.05) is 6.61 Å². The molecule has 20 heteroatoms. The molecule has 4 saturated carbocycles.